The minimum Gasteiger partial charge on any atom is -0.317 e. The first-order chi connectivity index (χ1) is 11.5. The first-order valence-electron chi connectivity index (χ1n) is 7.04. The van der Waals surface area contributed by atoms with Crippen molar-refractivity contribution < 1.29 is 18.0 Å². The second-order valence-corrected chi connectivity index (χ2v) is 5.06. The fraction of sp³-hybridized carbons (Fsp3) is 0.0588. The van der Waals surface area contributed by atoms with Crippen molar-refractivity contribution in [2.75, 3.05) is 5.32 Å². The minimum atomic E-state index is -0.887. The normalized spacial score (nSPS) is 10.7. The molecule has 0 unspecified atom stereocenters. The van der Waals surface area contributed by atoms with E-state index in [1.54, 1.807) is 13.0 Å². The van der Waals surface area contributed by atoms with Gasteiger partial charge < -0.3 is 5.32 Å². The maximum atomic E-state index is 13.9. The van der Waals surface area contributed by atoms with Crippen molar-refractivity contribution in [2.45, 2.75) is 6.92 Å². The molecule has 0 aliphatic rings. The lowest BCUT2D eigenvalue weighted by Crippen LogP contribution is -2.15. The van der Waals surface area contributed by atoms with Crippen LogP contribution in [0.3, 0.4) is 0 Å². The molecule has 0 atom stereocenters. The van der Waals surface area contributed by atoms with Crippen LogP contribution in [0, 0.1) is 24.4 Å². The average Bonchev–Trinajstić information content (AvgIpc) is 2.93. The summed E-state index contributed by atoms with van der Waals surface area (Å²) >= 11 is 0. The second-order valence-electron chi connectivity index (χ2n) is 5.06. The molecule has 0 fully saturated rings. The second kappa shape index (κ2) is 6.19. The van der Waals surface area contributed by atoms with Gasteiger partial charge in [0, 0.05) is 0 Å². The Hall–Kier alpha value is -3.09. The van der Waals surface area contributed by atoms with Crippen LogP contribution in [-0.2, 0) is 0 Å². The maximum Gasteiger partial charge on any atom is 0.259 e. The van der Waals surface area contributed by atoms with Crippen molar-refractivity contribution in [1.82, 2.24) is 9.78 Å². The van der Waals surface area contributed by atoms with Gasteiger partial charge in [-0.1, -0.05) is 18.2 Å². The molecule has 1 N–H and O–H groups in total. The smallest absolute Gasteiger partial charge is 0.259 e. The number of hydrogen-bond donors (Lipinski definition) is 1. The van der Waals surface area contributed by atoms with Gasteiger partial charge in [-0.3, -0.25) is 4.79 Å². The van der Waals surface area contributed by atoms with Crippen molar-refractivity contribution in [1.29, 1.82) is 0 Å². The fourth-order valence-corrected chi connectivity index (χ4v) is 2.30. The summed E-state index contributed by atoms with van der Waals surface area (Å²) in [6.07, 6.45) is 1.22. The van der Waals surface area contributed by atoms with Crippen LogP contribution in [-0.4, -0.2) is 15.7 Å². The standard InChI is InChI=1S/C17H12F3N3O/c1-10-11(9-21-23(10)15-8-3-2-5-12(15)18)17(24)22-16-13(19)6-4-7-14(16)20/h2-9H,1H3,(H,22,24). The number of carbonyl (C=O) groups excluding carboxylic acids is 1. The Morgan fingerprint density at radius 1 is 1.00 bits per heavy atom. The van der Waals surface area contributed by atoms with E-state index in [-0.39, 0.29) is 11.3 Å². The predicted molar refractivity (Wildman–Crippen MR) is 82.6 cm³/mol. The molecule has 0 saturated carbocycles. The molecule has 1 heterocycles. The number of benzene rings is 2. The van der Waals surface area contributed by atoms with Crippen LogP contribution in [0.5, 0.6) is 0 Å². The van der Waals surface area contributed by atoms with Gasteiger partial charge in [-0.2, -0.15) is 5.10 Å². The van der Waals surface area contributed by atoms with Crippen LogP contribution in [0.4, 0.5) is 18.9 Å². The Morgan fingerprint density at radius 3 is 2.29 bits per heavy atom. The van der Waals surface area contributed by atoms with E-state index in [0.717, 1.165) is 12.1 Å². The summed E-state index contributed by atoms with van der Waals surface area (Å²) in [7, 11) is 0. The van der Waals surface area contributed by atoms with E-state index in [1.807, 2.05) is 0 Å². The molecule has 7 heteroatoms. The Balaban J connectivity index is 1.94. The molecule has 3 rings (SSSR count). The molecule has 0 saturated heterocycles. The number of para-hydroxylation sites is 2. The summed E-state index contributed by atoms with van der Waals surface area (Å²) in [6, 6.07) is 9.21. The molecule has 24 heavy (non-hydrogen) atoms. The molecule has 0 bridgehead atoms. The summed E-state index contributed by atoms with van der Waals surface area (Å²) in [5.41, 5.74) is 0.0573. The number of amides is 1. The lowest BCUT2D eigenvalue weighted by Gasteiger charge is -2.08. The molecule has 2 aromatic carbocycles. The third kappa shape index (κ3) is 2.76. The number of nitrogens with zero attached hydrogens (tertiary/aromatic N) is 2. The van der Waals surface area contributed by atoms with Gasteiger partial charge in [-0.15, -0.1) is 0 Å². The SMILES string of the molecule is Cc1c(C(=O)Nc2c(F)cccc2F)cnn1-c1ccccc1F. The van der Waals surface area contributed by atoms with Gasteiger partial charge in [-0.05, 0) is 31.2 Å². The summed E-state index contributed by atoms with van der Waals surface area (Å²) in [5, 5.41) is 6.16. The number of anilines is 1. The molecular weight excluding hydrogens is 319 g/mol. The van der Waals surface area contributed by atoms with Crippen LogP contribution >= 0.6 is 0 Å². The van der Waals surface area contributed by atoms with Crippen molar-refractivity contribution in [3.63, 3.8) is 0 Å². The molecule has 0 aliphatic carbocycles. The minimum absolute atomic E-state index is 0.0842. The lowest BCUT2D eigenvalue weighted by atomic mass is 10.2. The van der Waals surface area contributed by atoms with E-state index in [1.165, 1.54) is 35.1 Å². The van der Waals surface area contributed by atoms with Gasteiger partial charge in [0.2, 0.25) is 0 Å². The van der Waals surface area contributed by atoms with Crippen molar-refractivity contribution >= 4 is 11.6 Å². The molecule has 1 aromatic heterocycles. The Bertz CT molecular complexity index is 901. The molecule has 3 aromatic rings. The van der Waals surface area contributed by atoms with Gasteiger partial charge in [0.05, 0.1) is 17.5 Å². The molecule has 0 aliphatic heterocycles. The summed E-state index contributed by atoms with van der Waals surface area (Å²) in [5.74, 6) is -3.01. The first-order valence-corrected chi connectivity index (χ1v) is 7.04. The average molecular weight is 331 g/mol. The van der Waals surface area contributed by atoms with Crippen molar-refractivity contribution in [3.8, 4) is 5.69 Å². The van der Waals surface area contributed by atoms with Gasteiger partial charge >= 0.3 is 0 Å². The van der Waals surface area contributed by atoms with Gasteiger partial charge in [0.15, 0.2) is 0 Å². The van der Waals surface area contributed by atoms with Gasteiger partial charge in [0.25, 0.3) is 5.91 Å². The van der Waals surface area contributed by atoms with E-state index in [4.69, 9.17) is 0 Å². The highest BCUT2D eigenvalue weighted by atomic mass is 19.1. The number of nitrogens with one attached hydrogen (secondary N) is 1. The number of halogens is 3. The molecule has 4 nitrogen and oxygen atoms in total. The maximum absolute atomic E-state index is 13.9. The topological polar surface area (TPSA) is 46.9 Å². The van der Waals surface area contributed by atoms with Crippen LogP contribution < -0.4 is 5.32 Å². The van der Waals surface area contributed by atoms with E-state index >= 15 is 0 Å². The summed E-state index contributed by atoms with van der Waals surface area (Å²) in [4.78, 5) is 12.3. The monoisotopic (exact) mass is 331 g/mol. The Morgan fingerprint density at radius 2 is 1.62 bits per heavy atom. The number of aromatic nitrogens is 2. The molecule has 122 valence electrons. The third-order valence-electron chi connectivity index (χ3n) is 3.54. The molecular formula is C17H12F3N3O. The Labute approximate surface area is 135 Å². The highest BCUT2D eigenvalue weighted by Gasteiger charge is 2.19. The summed E-state index contributed by atoms with van der Waals surface area (Å²) < 4.78 is 42.4. The molecule has 0 radical (unpaired) electrons. The largest absolute Gasteiger partial charge is 0.317 e. The lowest BCUT2D eigenvalue weighted by molar-refractivity contribution is 0.102. The van der Waals surface area contributed by atoms with E-state index in [0.29, 0.717) is 5.69 Å². The fourth-order valence-electron chi connectivity index (χ4n) is 2.30. The van der Waals surface area contributed by atoms with Crippen LogP contribution in [0.25, 0.3) is 5.69 Å². The van der Waals surface area contributed by atoms with Gasteiger partial charge in [0.1, 0.15) is 28.8 Å². The molecule has 0 spiro atoms. The van der Waals surface area contributed by atoms with Crippen LogP contribution in [0.1, 0.15) is 16.1 Å². The van der Waals surface area contributed by atoms with E-state index in [9.17, 15) is 18.0 Å². The van der Waals surface area contributed by atoms with Crippen molar-refractivity contribution in [3.05, 3.63) is 77.4 Å². The van der Waals surface area contributed by atoms with Gasteiger partial charge in [-0.25, -0.2) is 17.9 Å². The zero-order valence-corrected chi connectivity index (χ0v) is 12.6. The zero-order valence-electron chi connectivity index (χ0n) is 12.6. The predicted octanol–water partition coefficient (Wildman–Crippen LogP) is 3.85. The van der Waals surface area contributed by atoms with E-state index < -0.39 is 29.0 Å². The number of carbonyl (C=O) groups is 1. The summed E-state index contributed by atoms with van der Waals surface area (Å²) in [6.45, 7) is 1.56. The van der Waals surface area contributed by atoms with Crippen LogP contribution in [0.2, 0.25) is 0 Å². The third-order valence-corrected chi connectivity index (χ3v) is 3.54. The highest BCUT2D eigenvalue weighted by molar-refractivity contribution is 6.05. The van der Waals surface area contributed by atoms with E-state index in [2.05, 4.69) is 10.4 Å². The zero-order chi connectivity index (χ0) is 17.3. The molecule has 1 amide bonds. The van der Waals surface area contributed by atoms with Crippen molar-refractivity contribution in [2.24, 2.45) is 0 Å². The first kappa shape index (κ1) is 15.8. The number of rotatable bonds is 3. The highest BCUT2D eigenvalue weighted by Crippen LogP contribution is 2.21. The van der Waals surface area contributed by atoms with Crippen LogP contribution in [0.15, 0.2) is 48.7 Å². The Kier molecular flexibility index (Phi) is 4.07. The quantitative estimate of drug-likeness (QED) is 0.792. The number of hydrogen-bond acceptors (Lipinski definition) is 2.